The Balaban J connectivity index is 2.12. The van der Waals surface area contributed by atoms with Gasteiger partial charge in [-0.15, -0.1) is 0 Å². The van der Waals surface area contributed by atoms with Crippen LogP contribution in [0.25, 0.3) is 0 Å². The summed E-state index contributed by atoms with van der Waals surface area (Å²) < 4.78 is 0. The first kappa shape index (κ1) is 18.3. The lowest BCUT2D eigenvalue weighted by Crippen LogP contribution is -2.41. The van der Waals surface area contributed by atoms with E-state index in [1.165, 1.54) is 10.5 Å². The maximum atomic E-state index is 12.3. The van der Waals surface area contributed by atoms with Crippen LogP contribution >= 0.6 is 23.2 Å². The summed E-state index contributed by atoms with van der Waals surface area (Å²) in [6.07, 6.45) is 0. The maximum absolute atomic E-state index is 12.3. The predicted molar refractivity (Wildman–Crippen MR) is 98.3 cm³/mol. The number of imide groups is 1. The van der Waals surface area contributed by atoms with Gasteiger partial charge in [-0.1, -0.05) is 55.2 Å². The third-order valence-corrected chi connectivity index (χ3v) is 4.29. The molecule has 0 radical (unpaired) electrons. The van der Waals surface area contributed by atoms with E-state index in [2.05, 4.69) is 19.2 Å². The van der Waals surface area contributed by atoms with Gasteiger partial charge in [0.05, 0.1) is 15.6 Å². The Kier molecular flexibility index (Phi) is 5.86. The van der Waals surface area contributed by atoms with Gasteiger partial charge in [-0.25, -0.2) is 4.79 Å². The van der Waals surface area contributed by atoms with Crippen molar-refractivity contribution in [1.82, 2.24) is 5.32 Å². The molecule has 0 fully saturated rings. The van der Waals surface area contributed by atoms with Crippen LogP contribution in [0.15, 0.2) is 42.5 Å². The van der Waals surface area contributed by atoms with E-state index < -0.39 is 11.9 Å². The maximum Gasteiger partial charge on any atom is 0.328 e. The molecule has 0 aliphatic heterocycles. The smallest absolute Gasteiger partial charge is 0.297 e. The van der Waals surface area contributed by atoms with Crippen molar-refractivity contribution < 1.29 is 9.59 Å². The number of carbonyl (C=O) groups is 2. The number of urea groups is 1. The first-order valence-electron chi connectivity index (χ1n) is 7.44. The molecule has 0 bridgehead atoms. The highest BCUT2D eigenvalue weighted by Crippen LogP contribution is 2.24. The van der Waals surface area contributed by atoms with E-state index in [1.807, 2.05) is 24.3 Å². The van der Waals surface area contributed by atoms with Crippen molar-refractivity contribution >= 4 is 40.8 Å². The highest BCUT2D eigenvalue weighted by molar-refractivity contribution is 6.40. The summed E-state index contributed by atoms with van der Waals surface area (Å²) in [7, 11) is 1.58. The minimum Gasteiger partial charge on any atom is -0.297 e. The molecule has 0 saturated carbocycles. The second kappa shape index (κ2) is 7.69. The van der Waals surface area contributed by atoms with Crippen LogP contribution in [0.1, 0.15) is 35.7 Å². The molecule has 24 heavy (non-hydrogen) atoms. The van der Waals surface area contributed by atoms with Gasteiger partial charge in [0.15, 0.2) is 0 Å². The Morgan fingerprint density at radius 1 is 1.00 bits per heavy atom. The van der Waals surface area contributed by atoms with Crippen LogP contribution in [-0.2, 0) is 0 Å². The molecular formula is C18H18Cl2N2O2. The number of rotatable bonds is 3. The average Bonchev–Trinajstić information content (AvgIpc) is 2.54. The third kappa shape index (κ3) is 4.08. The Labute approximate surface area is 151 Å². The van der Waals surface area contributed by atoms with Crippen LogP contribution in [0, 0.1) is 0 Å². The molecule has 0 saturated heterocycles. The Hall–Kier alpha value is -2.04. The number of halogens is 2. The number of nitrogens with zero attached hydrogens (tertiary/aromatic N) is 1. The molecule has 0 aromatic heterocycles. The quantitative estimate of drug-likeness (QED) is 0.822. The fraction of sp³-hybridized carbons (Fsp3) is 0.222. The van der Waals surface area contributed by atoms with Gasteiger partial charge in [-0.05, 0) is 35.7 Å². The fourth-order valence-corrected chi connectivity index (χ4v) is 2.73. The molecule has 0 aliphatic rings. The Morgan fingerprint density at radius 3 is 2.04 bits per heavy atom. The normalized spacial score (nSPS) is 10.6. The minimum absolute atomic E-state index is 0.0812. The van der Waals surface area contributed by atoms with Gasteiger partial charge in [0, 0.05) is 12.7 Å². The highest BCUT2D eigenvalue weighted by Gasteiger charge is 2.19. The van der Waals surface area contributed by atoms with Crippen LogP contribution in [0.5, 0.6) is 0 Å². The van der Waals surface area contributed by atoms with Gasteiger partial charge >= 0.3 is 6.03 Å². The largest absolute Gasteiger partial charge is 0.328 e. The lowest BCUT2D eigenvalue weighted by Gasteiger charge is -2.18. The van der Waals surface area contributed by atoms with Gasteiger partial charge in [-0.3, -0.25) is 15.0 Å². The molecule has 0 heterocycles. The second-order valence-electron chi connectivity index (χ2n) is 5.66. The standard InChI is InChI=1S/C18H18Cl2N2O2/c1-11(2)12-7-9-13(10-8-12)22(3)18(24)21-17(23)16-14(19)5-4-6-15(16)20/h4-11H,1-3H3,(H,21,23,24). The van der Waals surface area contributed by atoms with Crippen molar-refractivity contribution in [1.29, 1.82) is 0 Å². The van der Waals surface area contributed by atoms with E-state index in [0.29, 0.717) is 11.6 Å². The van der Waals surface area contributed by atoms with Crippen molar-refractivity contribution in [3.05, 3.63) is 63.6 Å². The van der Waals surface area contributed by atoms with Crippen LogP contribution < -0.4 is 10.2 Å². The summed E-state index contributed by atoms with van der Waals surface area (Å²) in [5.41, 5.74) is 1.93. The molecule has 126 valence electrons. The number of benzene rings is 2. The topological polar surface area (TPSA) is 49.4 Å². The molecule has 6 heteroatoms. The van der Waals surface area contributed by atoms with Crippen LogP contribution in [-0.4, -0.2) is 19.0 Å². The molecule has 0 unspecified atom stereocenters. The van der Waals surface area contributed by atoms with E-state index >= 15 is 0 Å². The van der Waals surface area contributed by atoms with Gasteiger partial charge < -0.3 is 0 Å². The van der Waals surface area contributed by atoms with Crippen molar-refractivity contribution in [2.24, 2.45) is 0 Å². The van der Waals surface area contributed by atoms with Crippen molar-refractivity contribution in [3.8, 4) is 0 Å². The van der Waals surface area contributed by atoms with E-state index in [1.54, 1.807) is 25.2 Å². The summed E-state index contributed by atoms with van der Waals surface area (Å²) >= 11 is 12.0. The van der Waals surface area contributed by atoms with Gasteiger partial charge in [0.2, 0.25) is 0 Å². The average molecular weight is 365 g/mol. The minimum atomic E-state index is -0.638. The molecule has 3 amide bonds. The Bertz CT molecular complexity index is 738. The number of hydrogen-bond donors (Lipinski definition) is 1. The summed E-state index contributed by atoms with van der Waals surface area (Å²) in [6, 6.07) is 11.7. The molecule has 2 aromatic carbocycles. The summed E-state index contributed by atoms with van der Waals surface area (Å²) in [5, 5.41) is 2.68. The van der Waals surface area contributed by atoms with Gasteiger partial charge in [0.25, 0.3) is 5.91 Å². The fourth-order valence-electron chi connectivity index (χ4n) is 2.16. The van der Waals surface area contributed by atoms with Gasteiger partial charge in [0.1, 0.15) is 0 Å². The van der Waals surface area contributed by atoms with E-state index in [-0.39, 0.29) is 15.6 Å². The number of hydrogen-bond acceptors (Lipinski definition) is 2. The summed E-state index contributed by atoms with van der Waals surface area (Å²) in [6.45, 7) is 4.19. The van der Waals surface area contributed by atoms with Crippen LogP contribution in [0.2, 0.25) is 10.0 Å². The second-order valence-corrected chi connectivity index (χ2v) is 6.48. The summed E-state index contributed by atoms with van der Waals surface area (Å²) in [5.74, 6) is -0.233. The van der Waals surface area contributed by atoms with E-state index in [4.69, 9.17) is 23.2 Å². The zero-order valence-corrected chi connectivity index (χ0v) is 15.2. The highest BCUT2D eigenvalue weighted by atomic mass is 35.5. The van der Waals surface area contributed by atoms with Gasteiger partial charge in [-0.2, -0.15) is 0 Å². The number of anilines is 1. The molecule has 0 spiro atoms. The Morgan fingerprint density at radius 2 is 1.54 bits per heavy atom. The van der Waals surface area contributed by atoms with Crippen molar-refractivity contribution in [3.63, 3.8) is 0 Å². The molecule has 2 rings (SSSR count). The number of amides is 3. The lowest BCUT2D eigenvalue weighted by atomic mass is 10.0. The predicted octanol–water partition coefficient (Wildman–Crippen LogP) is 5.10. The first-order valence-corrected chi connectivity index (χ1v) is 8.20. The third-order valence-electron chi connectivity index (χ3n) is 3.66. The van der Waals surface area contributed by atoms with E-state index in [9.17, 15) is 9.59 Å². The molecule has 4 nitrogen and oxygen atoms in total. The molecule has 2 aromatic rings. The van der Waals surface area contributed by atoms with Crippen molar-refractivity contribution in [2.75, 3.05) is 11.9 Å². The van der Waals surface area contributed by atoms with E-state index in [0.717, 1.165) is 0 Å². The van der Waals surface area contributed by atoms with Crippen molar-refractivity contribution in [2.45, 2.75) is 19.8 Å². The first-order chi connectivity index (χ1) is 11.3. The SMILES string of the molecule is CC(C)c1ccc(N(C)C(=O)NC(=O)c2c(Cl)cccc2Cl)cc1. The van der Waals surface area contributed by atoms with Crippen LogP contribution in [0.3, 0.4) is 0 Å². The molecule has 0 aliphatic carbocycles. The number of nitrogens with one attached hydrogen (secondary N) is 1. The molecule has 0 atom stereocenters. The lowest BCUT2D eigenvalue weighted by molar-refractivity contribution is 0.0966. The molecular weight excluding hydrogens is 347 g/mol. The monoisotopic (exact) mass is 364 g/mol. The van der Waals surface area contributed by atoms with Crippen LogP contribution in [0.4, 0.5) is 10.5 Å². The zero-order valence-electron chi connectivity index (χ0n) is 13.6. The number of carbonyl (C=O) groups excluding carboxylic acids is 2. The summed E-state index contributed by atoms with van der Waals surface area (Å²) in [4.78, 5) is 25.9. The molecule has 1 N–H and O–H groups in total. The zero-order chi connectivity index (χ0) is 17.9.